The van der Waals surface area contributed by atoms with E-state index in [1.54, 1.807) is 38.9 Å². The normalized spacial score (nSPS) is 17.8. The van der Waals surface area contributed by atoms with Crippen LogP contribution in [-0.2, 0) is 20.7 Å². The number of hydrogen-bond donors (Lipinski definition) is 3. The molecule has 1 saturated carbocycles. The molecule has 262 valence electrons. The van der Waals surface area contributed by atoms with Gasteiger partial charge in [-0.2, -0.15) is 13.2 Å². The van der Waals surface area contributed by atoms with Gasteiger partial charge in [-0.25, -0.2) is 9.78 Å². The predicted molar refractivity (Wildman–Crippen MR) is 166 cm³/mol. The largest absolute Gasteiger partial charge is 0.493 e. The molecule has 0 unspecified atom stereocenters. The van der Waals surface area contributed by atoms with E-state index in [9.17, 15) is 22.8 Å². The maximum atomic E-state index is 13.7. The smallest absolute Gasteiger partial charge is 0.490 e. The van der Waals surface area contributed by atoms with Crippen molar-refractivity contribution in [2.75, 3.05) is 40.5 Å². The zero-order valence-electron chi connectivity index (χ0n) is 27.3. The van der Waals surface area contributed by atoms with Crippen molar-refractivity contribution in [2.24, 2.45) is 0 Å². The number of ether oxygens (including phenoxy) is 3. The Balaban J connectivity index is 0.000000771. The number of carbonyl (C=O) groups is 3. The lowest BCUT2D eigenvalue weighted by molar-refractivity contribution is -0.192. The molecule has 2 aromatic rings. The zero-order valence-corrected chi connectivity index (χ0v) is 27.3. The summed E-state index contributed by atoms with van der Waals surface area (Å²) in [7, 11) is 3.26. The molecule has 1 aliphatic carbocycles. The van der Waals surface area contributed by atoms with Crippen molar-refractivity contribution in [3.05, 3.63) is 42.0 Å². The summed E-state index contributed by atoms with van der Waals surface area (Å²) in [5, 5.41) is 10.8. The van der Waals surface area contributed by atoms with Gasteiger partial charge in [0.1, 0.15) is 0 Å². The summed E-state index contributed by atoms with van der Waals surface area (Å²) in [5.74, 6) is -1.42. The molecule has 1 aliphatic heterocycles. The van der Waals surface area contributed by atoms with E-state index in [1.807, 2.05) is 11.0 Å². The molecule has 12 nitrogen and oxygen atoms in total. The van der Waals surface area contributed by atoms with Crippen molar-refractivity contribution in [3.8, 4) is 11.5 Å². The molecule has 4 rings (SSSR count). The molecule has 3 N–H and O–H groups in total. The Morgan fingerprint density at radius 3 is 2.30 bits per heavy atom. The fourth-order valence-corrected chi connectivity index (χ4v) is 5.50. The number of carbonyl (C=O) groups excluding carboxylic acids is 2. The number of aromatic nitrogens is 2. The van der Waals surface area contributed by atoms with Gasteiger partial charge in [0.05, 0.1) is 26.5 Å². The summed E-state index contributed by atoms with van der Waals surface area (Å²) in [6.07, 6.45) is 4.34. The number of aromatic amines is 1. The Morgan fingerprint density at radius 2 is 1.77 bits per heavy atom. The van der Waals surface area contributed by atoms with Crippen molar-refractivity contribution >= 4 is 17.8 Å². The van der Waals surface area contributed by atoms with Gasteiger partial charge in [-0.15, -0.1) is 0 Å². The molecule has 15 heteroatoms. The summed E-state index contributed by atoms with van der Waals surface area (Å²) >= 11 is 0. The quantitative estimate of drug-likeness (QED) is 0.239. The van der Waals surface area contributed by atoms with Gasteiger partial charge in [0.15, 0.2) is 11.5 Å². The van der Waals surface area contributed by atoms with Gasteiger partial charge in [0, 0.05) is 74.8 Å². The Labute approximate surface area is 272 Å². The number of hydrogen-bond acceptors (Lipinski definition) is 8. The number of H-pyrrole nitrogens is 1. The third-order valence-corrected chi connectivity index (χ3v) is 8.00. The van der Waals surface area contributed by atoms with E-state index in [2.05, 4.69) is 34.0 Å². The van der Waals surface area contributed by atoms with Crippen molar-refractivity contribution < 1.29 is 46.9 Å². The van der Waals surface area contributed by atoms with E-state index in [4.69, 9.17) is 24.1 Å². The highest BCUT2D eigenvalue weighted by molar-refractivity contribution is 5.95. The number of methoxy groups -OCH3 is 2. The second kappa shape index (κ2) is 17.9. The van der Waals surface area contributed by atoms with Gasteiger partial charge in [-0.05, 0) is 64.2 Å². The molecule has 2 heterocycles. The Morgan fingerprint density at radius 1 is 1.06 bits per heavy atom. The molecule has 2 amide bonds. The van der Waals surface area contributed by atoms with Crippen molar-refractivity contribution in [2.45, 2.75) is 89.1 Å². The van der Waals surface area contributed by atoms with E-state index < -0.39 is 12.1 Å². The van der Waals surface area contributed by atoms with Crippen LogP contribution in [0.4, 0.5) is 13.2 Å². The fourth-order valence-electron chi connectivity index (χ4n) is 5.50. The van der Waals surface area contributed by atoms with Crippen LogP contribution in [0.5, 0.6) is 11.5 Å². The first-order valence-corrected chi connectivity index (χ1v) is 15.8. The molecule has 2 fully saturated rings. The Hall–Kier alpha value is -3.85. The summed E-state index contributed by atoms with van der Waals surface area (Å²) in [6, 6.07) is 6.24. The van der Waals surface area contributed by atoms with Gasteiger partial charge in [0.2, 0.25) is 5.91 Å². The topological polar surface area (TPSA) is 146 Å². The number of nitrogens with zero attached hydrogens (tertiary/aromatic N) is 3. The standard InChI is InChI=1S/C30H45N5O5.C2HF3O2/c1-21(2)35(30(37)22-6-11-27(39-4)28(16-22)40-15-5-14-38-3)26-8-7-23(32-19-26)12-13-34(25-9-10-25)29(36)17-24-18-31-20-33-24;3-2(4,5)1(6)7/h6,11,16,18,20-21,23,25-26,32H,5,7-10,12-15,17,19H2,1-4H3,(H,31,33);(H,6,7)/t23-,26-;/m1./s1. The highest BCUT2D eigenvalue weighted by Gasteiger charge is 2.38. The Kier molecular flexibility index (Phi) is 14.3. The first-order chi connectivity index (χ1) is 22.3. The van der Waals surface area contributed by atoms with Gasteiger partial charge >= 0.3 is 12.1 Å². The SMILES string of the molecule is COCCCOc1cc(C(=O)N(C(C)C)[C@@H]2CC[C@H](CCN(C(=O)Cc3cnc[nH]3)C3CC3)NC2)ccc1OC.O=C(O)C(F)(F)F. The van der Waals surface area contributed by atoms with Crippen LogP contribution in [0.1, 0.15) is 68.4 Å². The Bertz CT molecular complexity index is 1280. The highest BCUT2D eigenvalue weighted by Crippen LogP contribution is 2.31. The monoisotopic (exact) mass is 669 g/mol. The molecule has 47 heavy (non-hydrogen) atoms. The van der Waals surface area contributed by atoms with Crippen LogP contribution in [-0.4, -0.2) is 114 Å². The molecular formula is C32H46F3N5O7. The number of benzene rings is 1. The highest BCUT2D eigenvalue weighted by atomic mass is 19.4. The lowest BCUT2D eigenvalue weighted by atomic mass is 9.95. The molecule has 0 spiro atoms. The summed E-state index contributed by atoms with van der Waals surface area (Å²) in [6.45, 7) is 6.71. The molecule has 0 bridgehead atoms. The number of nitrogens with one attached hydrogen (secondary N) is 2. The molecule has 2 aliphatic rings. The van der Waals surface area contributed by atoms with Gasteiger partial charge < -0.3 is 39.4 Å². The van der Waals surface area contributed by atoms with Crippen LogP contribution in [0.3, 0.4) is 0 Å². The zero-order chi connectivity index (χ0) is 34.6. The summed E-state index contributed by atoms with van der Waals surface area (Å²) < 4.78 is 48.2. The molecule has 2 atom stereocenters. The molecule has 1 saturated heterocycles. The average molecular weight is 670 g/mol. The van der Waals surface area contributed by atoms with Gasteiger partial charge in [-0.3, -0.25) is 9.59 Å². The number of carboxylic acids is 1. The number of imidazole rings is 1. The first kappa shape index (κ1) is 37.6. The fraction of sp³-hybridized carbons (Fsp3) is 0.625. The number of piperidine rings is 1. The number of amides is 2. The van der Waals surface area contributed by atoms with Crippen LogP contribution in [0.15, 0.2) is 30.7 Å². The summed E-state index contributed by atoms with van der Waals surface area (Å²) in [5.41, 5.74) is 1.45. The molecule has 1 aromatic carbocycles. The van der Waals surface area contributed by atoms with Crippen molar-refractivity contribution in [3.63, 3.8) is 0 Å². The van der Waals surface area contributed by atoms with Crippen LogP contribution in [0, 0.1) is 0 Å². The molecule has 0 radical (unpaired) electrons. The van der Waals surface area contributed by atoms with Crippen LogP contribution in [0.25, 0.3) is 0 Å². The minimum Gasteiger partial charge on any atom is -0.493 e. The van der Waals surface area contributed by atoms with Gasteiger partial charge in [0.25, 0.3) is 5.91 Å². The molecule has 1 aromatic heterocycles. The number of alkyl halides is 3. The number of aliphatic carboxylic acids is 1. The maximum Gasteiger partial charge on any atom is 0.490 e. The van der Waals surface area contributed by atoms with E-state index in [0.29, 0.717) is 48.8 Å². The number of halogens is 3. The molecular weight excluding hydrogens is 623 g/mol. The second-order valence-corrected chi connectivity index (χ2v) is 11.9. The van der Waals surface area contributed by atoms with E-state index >= 15 is 0 Å². The van der Waals surface area contributed by atoms with Crippen LogP contribution in [0.2, 0.25) is 0 Å². The maximum absolute atomic E-state index is 13.7. The van der Waals surface area contributed by atoms with Crippen molar-refractivity contribution in [1.82, 2.24) is 25.1 Å². The average Bonchev–Trinajstić information content (AvgIpc) is 3.74. The minimum atomic E-state index is -5.08. The lowest BCUT2D eigenvalue weighted by Gasteiger charge is -2.40. The second-order valence-electron chi connectivity index (χ2n) is 11.9. The van der Waals surface area contributed by atoms with Gasteiger partial charge in [-0.1, -0.05) is 0 Å². The summed E-state index contributed by atoms with van der Waals surface area (Å²) in [4.78, 5) is 46.7. The third-order valence-electron chi connectivity index (χ3n) is 8.00. The van der Waals surface area contributed by atoms with Crippen LogP contribution >= 0.6 is 0 Å². The number of rotatable bonds is 15. The van der Waals surface area contributed by atoms with Crippen LogP contribution < -0.4 is 14.8 Å². The van der Waals surface area contributed by atoms with E-state index in [0.717, 1.165) is 57.3 Å². The minimum absolute atomic E-state index is 0.00560. The number of carboxylic acid groups (broad SMARTS) is 1. The third kappa shape index (κ3) is 11.7. The van der Waals surface area contributed by atoms with Crippen molar-refractivity contribution in [1.29, 1.82) is 0 Å². The van der Waals surface area contributed by atoms with E-state index in [-0.39, 0.29) is 23.9 Å². The first-order valence-electron chi connectivity index (χ1n) is 15.8. The predicted octanol–water partition coefficient (Wildman–Crippen LogP) is 4.06. The van der Waals surface area contributed by atoms with E-state index in [1.165, 1.54) is 0 Å². The lowest BCUT2D eigenvalue weighted by Crippen LogP contribution is -2.54.